The van der Waals surface area contributed by atoms with Gasteiger partial charge in [0.25, 0.3) is 0 Å². The van der Waals surface area contributed by atoms with Crippen LogP contribution < -0.4 is 5.32 Å². The Morgan fingerprint density at radius 2 is 1.89 bits per heavy atom. The maximum atomic E-state index is 9.38. The zero-order chi connectivity index (χ0) is 11.5. The molecule has 0 radical (unpaired) electrons. The summed E-state index contributed by atoms with van der Waals surface area (Å²) in [6.45, 7) is 6.36. The first-order valence-corrected chi connectivity index (χ1v) is 5.99. The smallest absolute Gasteiger partial charge is 0.134 e. The number of nitrogens with one attached hydrogen (secondary N) is 1. The van der Waals surface area contributed by atoms with Crippen LogP contribution in [0.2, 0.25) is 5.02 Å². The summed E-state index contributed by atoms with van der Waals surface area (Å²) in [7, 11) is 0. The van der Waals surface area contributed by atoms with Crippen molar-refractivity contribution in [3.05, 3.63) is 28.8 Å². The Hall–Kier alpha value is -0.190. The minimum Gasteiger partial charge on any atom is -0.506 e. The van der Waals surface area contributed by atoms with E-state index in [1.54, 1.807) is 6.07 Å². The van der Waals surface area contributed by atoms with E-state index in [1.807, 2.05) is 12.1 Å². The Bertz CT molecular complexity index is 370. The van der Waals surface area contributed by atoms with Crippen LogP contribution in [0.4, 0.5) is 0 Å². The molecule has 0 spiro atoms. The highest BCUT2D eigenvalue weighted by Gasteiger charge is 2.18. The molecule has 1 fully saturated rings. The fourth-order valence-corrected chi connectivity index (χ4v) is 2.25. The Balaban J connectivity index is 0.00000144. The maximum absolute atomic E-state index is 9.38. The van der Waals surface area contributed by atoms with E-state index in [9.17, 15) is 5.11 Å². The molecule has 3 nitrogen and oxygen atoms in total. The summed E-state index contributed by atoms with van der Waals surface area (Å²) in [4.78, 5) is 2.42. The fourth-order valence-electron chi connectivity index (χ4n) is 2.06. The van der Waals surface area contributed by atoms with Crippen LogP contribution in [0.3, 0.4) is 0 Å². The van der Waals surface area contributed by atoms with E-state index < -0.39 is 0 Å². The van der Waals surface area contributed by atoms with Crippen LogP contribution in [0.5, 0.6) is 5.75 Å². The van der Waals surface area contributed by atoms with Crippen LogP contribution in [0.1, 0.15) is 18.5 Å². The van der Waals surface area contributed by atoms with Gasteiger partial charge in [-0.1, -0.05) is 17.7 Å². The van der Waals surface area contributed by atoms with Crippen LogP contribution >= 0.6 is 36.4 Å². The van der Waals surface area contributed by atoms with Gasteiger partial charge in [-0.15, -0.1) is 24.8 Å². The van der Waals surface area contributed by atoms with Gasteiger partial charge in [0, 0.05) is 32.2 Å². The van der Waals surface area contributed by atoms with Crippen LogP contribution in [0, 0.1) is 0 Å². The van der Waals surface area contributed by atoms with Gasteiger partial charge in [-0.05, 0) is 24.6 Å². The molecule has 0 saturated carbocycles. The molecule has 6 heteroatoms. The molecular formula is C12H19Cl3N2O. The largest absolute Gasteiger partial charge is 0.506 e. The van der Waals surface area contributed by atoms with Crippen molar-refractivity contribution in [1.82, 2.24) is 10.2 Å². The summed E-state index contributed by atoms with van der Waals surface area (Å²) in [6, 6.07) is 5.80. The van der Waals surface area contributed by atoms with E-state index in [0.717, 1.165) is 31.7 Å². The topological polar surface area (TPSA) is 35.5 Å². The summed E-state index contributed by atoms with van der Waals surface area (Å²) >= 11 is 5.92. The number of hydrogen-bond donors (Lipinski definition) is 2. The van der Waals surface area contributed by atoms with Gasteiger partial charge in [-0.25, -0.2) is 0 Å². The van der Waals surface area contributed by atoms with E-state index in [0.29, 0.717) is 11.1 Å². The molecule has 2 rings (SSSR count). The van der Waals surface area contributed by atoms with Crippen molar-refractivity contribution >= 4 is 36.4 Å². The Morgan fingerprint density at radius 1 is 1.28 bits per heavy atom. The summed E-state index contributed by atoms with van der Waals surface area (Å²) in [5.74, 6) is 0.151. The van der Waals surface area contributed by atoms with Gasteiger partial charge in [-0.3, -0.25) is 4.90 Å². The van der Waals surface area contributed by atoms with Gasteiger partial charge in [0.05, 0.1) is 5.02 Å². The molecule has 104 valence electrons. The first kappa shape index (κ1) is 17.8. The highest BCUT2D eigenvalue weighted by atomic mass is 35.5. The predicted molar refractivity (Wildman–Crippen MR) is 80.5 cm³/mol. The number of piperazine rings is 1. The molecule has 18 heavy (non-hydrogen) atoms. The van der Waals surface area contributed by atoms with Crippen LogP contribution in [-0.2, 0) is 0 Å². The van der Waals surface area contributed by atoms with E-state index >= 15 is 0 Å². The second-order valence-corrected chi connectivity index (χ2v) is 4.58. The Kier molecular flexibility index (Phi) is 7.99. The lowest BCUT2D eigenvalue weighted by molar-refractivity contribution is 0.185. The fraction of sp³-hybridized carbons (Fsp3) is 0.500. The van der Waals surface area contributed by atoms with Crippen molar-refractivity contribution in [2.45, 2.75) is 13.0 Å². The number of rotatable bonds is 2. The molecule has 1 aliphatic heterocycles. The lowest BCUT2D eigenvalue weighted by Gasteiger charge is -2.33. The van der Waals surface area contributed by atoms with Gasteiger partial charge in [0.15, 0.2) is 0 Å². The molecule has 0 aromatic heterocycles. The van der Waals surface area contributed by atoms with Crippen molar-refractivity contribution in [3.8, 4) is 5.75 Å². The normalized spacial score (nSPS) is 17.4. The molecule has 0 unspecified atom stereocenters. The van der Waals surface area contributed by atoms with Crippen LogP contribution in [0.25, 0.3) is 0 Å². The monoisotopic (exact) mass is 312 g/mol. The number of aromatic hydroxyl groups is 1. The molecular weight excluding hydrogens is 295 g/mol. The van der Waals surface area contributed by atoms with Crippen LogP contribution in [0.15, 0.2) is 18.2 Å². The molecule has 1 saturated heterocycles. The molecule has 1 aromatic rings. The van der Waals surface area contributed by atoms with Gasteiger partial charge in [0.2, 0.25) is 0 Å². The summed E-state index contributed by atoms with van der Waals surface area (Å²) in [6.07, 6.45) is 0. The molecule has 1 atom stereocenters. The number of benzene rings is 1. The number of nitrogens with zero attached hydrogens (tertiary/aromatic N) is 1. The van der Waals surface area contributed by atoms with Crippen molar-refractivity contribution < 1.29 is 5.11 Å². The average Bonchev–Trinajstić information content (AvgIpc) is 2.33. The highest BCUT2D eigenvalue weighted by molar-refractivity contribution is 6.32. The molecule has 0 bridgehead atoms. The second-order valence-electron chi connectivity index (χ2n) is 4.17. The quantitative estimate of drug-likeness (QED) is 0.881. The molecule has 0 aliphatic carbocycles. The van der Waals surface area contributed by atoms with E-state index in [4.69, 9.17) is 11.6 Å². The molecule has 1 aliphatic rings. The highest BCUT2D eigenvalue weighted by Crippen LogP contribution is 2.28. The third-order valence-corrected chi connectivity index (χ3v) is 3.46. The third kappa shape index (κ3) is 4.18. The van der Waals surface area contributed by atoms with E-state index in [2.05, 4.69) is 17.1 Å². The summed E-state index contributed by atoms with van der Waals surface area (Å²) < 4.78 is 0. The Labute approximate surface area is 125 Å². The molecule has 1 heterocycles. The first-order chi connectivity index (χ1) is 7.68. The van der Waals surface area contributed by atoms with Gasteiger partial charge < -0.3 is 10.4 Å². The van der Waals surface area contributed by atoms with Crippen LogP contribution in [-0.4, -0.2) is 36.2 Å². The predicted octanol–water partition coefficient (Wildman–Crippen LogP) is 2.86. The Morgan fingerprint density at radius 3 is 2.44 bits per heavy atom. The summed E-state index contributed by atoms with van der Waals surface area (Å²) in [5.41, 5.74) is 1.16. The summed E-state index contributed by atoms with van der Waals surface area (Å²) in [5, 5.41) is 13.1. The van der Waals surface area contributed by atoms with E-state index in [-0.39, 0.29) is 30.6 Å². The van der Waals surface area contributed by atoms with Gasteiger partial charge in [-0.2, -0.15) is 0 Å². The number of phenols is 1. The molecule has 0 amide bonds. The zero-order valence-electron chi connectivity index (χ0n) is 10.2. The molecule has 2 N–H and O–H groups in total. The van der Waals surface area contributed by atoms with Crippen molar-refractivity contribution in [3.63, 3.8) is 0 Å². The average molecular weight is 314 g/mol. The van der Waals surface area contributed by atoms with Crippen molar-refractivity contribution in [2.24, 2.45) is 0 Å². The standard InChI is InChI=1S/C12H17ClN2O.2ClH/c1-9(15-6-4-14-5-7-15)10-2-3-12(16)11(13)8-10;;/h2-3,8-9,14,16H,4-7H2,1H3;2*1H/t9-;;/m0../s1. The second kappa shape index (κ2) is 8.08. The SMILES string of the molecule is C[C@@H](c1ccc(O)c(Cl)c1)N1CCNCC1.Cl.Cl. The third-order valence-electron chi connectivity index (χ3n) is 3.15. The maximum Gasteiger partial charge on any atom is 0.134 e. The number of phenolic OH excluding ortho intramolecular Hbond substituents is 1. The number of halogens is 3. The van der Waals surface area contributed by atoms with Gasteiger partial charge >= 0.3 is 0 Å². The zero-order valence-corrected chi connectivity index (χ0v) is 12.6. The minimum absolute atomic E-state index is 0. The first-order valence-electron chi connectivity index (χ1n) is 5.61. The van der Waals surface area contributed by atoms with Crippen molar-refractivity contribution in [1.29, 1.82) is 0 Å². The van der Waals surface area contributed by atoms with Gasteiger partial charge in [0.1, 0.15) is 5.75 Å². The minimum atomic E-state index is 0. The van der Waals surface area contributed by atoms with Crippen molar-refractivity contribution in [2.75, 3.05) is 26.2 Å². The number of hydrogen-bond acceptors (Lipinski definition) is 3. The lowest BCUT2D eigenvalue weighted by Crippen LogP contribution is -2.44. The van der Waals surface area contributed by atoms with E-state index in [1.165, 1.54) is 0 Å². The lowest BCUT2D eigenvalue weighted by atomic mass is 10.1. The molecule has 1 aromatic carbocycles.